The van der Waals surface area contributed by atoms with Gasteiger partial charge < -0.3 is 19.9 Å². The Hall–Kier alpha value is -3.84. The topological polar surface area (TPSA) is 88.1 Å². The number of ether oxygens (including phenoxy) is 2. The van der Waals surface area contributed by atoms with E-state index >= 15 is 0 Å². The fraction of sp³-hybridized carbons (Fsp3) is 0.333. The molecule has 1 fully saturated rings. The number of carbonyl (C=O) groups excluding carboxylic acids is 2. The number of nitrogens with one attached hydrogen (secondary N) is 1. The molecule has 1 amide bonds. The molecule has 3 aromatic carbocycles. The molecule has 0 radical (unpaired) electrons. The highest BCUT2D eigenvalue weighted by atomic mass is 16.6. The van der Waals surface area contributed by atoms with Gasteiger partial charge in [-0.15, -0.1) is 0 Å². The average molecular weight is 503 g/mol. The van der Waals surface area contributed by atoms with E-state index in [9.17, 15) is 14.7 Å². The molecule has 0 aromatic heterocycles. The van der Waals surface area contributed by atoms with Crippen molar-refractivity contribution in [2.45, 2.75) is 39.2 Å². The number of rotatable bonds is 8. The Morgan fingerprint density at radius 2 is 1.65 bits per heavy atom. The Morgan fingerprint density at radius 1 is 0.919 bits per heavy atom. The van der Waals surface area contributed by atoms with Gasteiger partial charge in [0.25, 0.3) is 5.91 Å². The van der Waals surface area contributed by atoms with Gasteiger partial charge in [0.1, 0.15) is 23.7 Å². The molecule has 0 unspecified atom stereocenters. The summed E-state index contributed by atoms with van der Waals surface area (Å²) in [5.74, 6) is -0.793. The molecule has 7 nitrogen and oxygen atoms in total. The summed E-state index contributed by atoms with van der Waals surface area (Å²) < 4.78 is 11.4. The predicted octanol–water partition coefficient (Wildman–Crippen LogP) is 5.74. The van der Waals surface area contributed by atoms with E-state index in [4.69, 9.17) is 9.47 Å². The van der Waals surface area contributed by atoms with Crippen molar-refractivity contribution in [2.75, 3.05) is 31.6 Å². The largest absolute Gasteiger partial charge is 0.507 e. The van der Waals surface area contributed by atoms with E-state index in [0.717, 1.165) is 30.8 Å². The highest BCUT2D eigenvalue weighted by Gasteiger charge is 2.23. The van der Waals surface area contributed by atoms with Gasteiger partial charge in [-0.2, -0.15) is 0 Å². The summed E-state index contributed by atoms with van der Waals surface area (Å²) in [4.78, 5) is 28.6. The molecule has 0 atom stereocenters. The van der Waals surface area contributed by atoms with E-state index in [0.29, 0.717) is 18.0 Å². The van der Waals surface area contributed by atoms with Crippen LogP contribution >= 0.6 is 0 Å². The second-order valence-corrected chi connectivity index (χ2v) is 10.2. The molecule has 1 aliphatic rings. The fourth-order valence-electron chi connectivity index (χ4n) is 4.24. The van der Waals surface area contributed by atoms with Crippen LogP contribution in [0.4, 0.5) is 5.69 Å². The Balaban J connectivity index is 1.57. The first kappa shape index (κ1) is 26.2. The van der Waals surface area contributed by atoms with Crippen LogP contribution in [0.15, 0.2) is 66.7 Å². The number of anilines is 1. The zero-order valence-electron chi connectivity index (χ0n) is 21.6. The predicted molar refractivity (Wildman–Crippen MR) is 144 cm³/mol. The minimum atomic E-state index is -0.699. The maximum atomic E-state index is 13.3. The number of hydrogen-bond donors (Lipinski definition) is 2. The standard InChI is InChI=1S/C30H34N2O5/c1-30(2,3)37-29(35)24-13-11-22(21-9-5-4-6-10-21)19-26(24)31-28(34)25-20-23(12-14-27(25)33)36-18-17-32-15-7-8-16-32/h4-6,9-14,19-20,33H,7-8,15-18H2,1-3H3,(H,31,34). The lowest BCUT2D eigenvalue weighted by Gasteiger charge is -2.21. The number of benzene rings is 3. The molecule has 2 N–H and O–H groups in total. The highest BCUT2D eigenvalue weighted by molar-refractivity contribution is 6.10. The molecule has 1 aliphatic heterocycles. The van der Waals surface area contributed by atoms with Gasteiger partial charge in [-0.25, -0.2) is 4.79 Å². The maximum absolute atomic E-state index is 13.3. The van der Waals surface area contributed by atoms with Crippen LogP contribution in [0.25, 0.3) is 11.1 Å². The monoisotopic (exact) mass is 502 g/mol. The molecule has 0 saturated carbocycles. The van der Waals surface area contributed by atoms with Crippen molar-refractivity contribution in [3.8, 4) is 22.6 Å². The van der Waals surface area contributed by atoms with E-state index in [2.05, 4.69) is 10.2 Å². The quantitative estimate of drug-likeness (QED) is 0.382. The van der Waals surface area contributed by atoms with Gasteiger partial charge in [-0.1, -0.05) is 36.4 Å². The molecule has 0 bridgehead atoms. The second-order valence-electron chi connectivity index (χ2n) is 10.2. The average Bonchev–Trinajstić information content (AvgIpc) is 3.38. The van der Waals surface area contributed by atoms with Gasteiger partial charge in [-0.3, -0.25) is 9.69 Å². The summed E-state index contributed by atoms with van der Waals surface area (Å²) >= 11 is 0. The van der Waals surface area contributed by atoms with Crippen LogP contribution in [0.5, 0.6) is 11.5 Å². The van der Waals surface area contributed by atoms with Crippen molar-refractivity contribution in [2.24, 2.45) is 0 Å². The van der Waals surface area contributed by atoms with Crippen LogP contribution in [0, 0.1) is 0 Å². The number of phenols is 1. The molecule has 194 valence electrons. The number of likely N-dealkylation sites (tertiary alicyclic amines) is 1. The minimum absolute atomic E-state index is 0.0546. The Labute approximate surface area is 218 Å². The zero-order valence-corrected chi connectivity index (χ0v) is 21.6. The van der Waals surface area contributed by atoms with Crippen molar-refractivity contribution in [1.82, 2.24) is 4.90 Å². The summed E-state index contributed by atoms with van der Waals surface area (Å²) in [6, 6.07) is 19.4. The van der Waals surface area contributed by atoms with Crippen molar-refractivity contribution < 1.29 is 24.2 Å². The zero-order chi connectivity index (χ0) is 26.4. The van der Waals surface area contributed by atoms with Crippen molar-refractivity contribution >= 4 is 17.6 Å². The first-order valence-corrected chi connectivity index (χ1v) is 12.6. The Kier molecular flexibility index (Phi) is 8.14. The van der Waals surface area contributed by atoms with Gasteiger partial charge in [0.05, 0.1) is 16.8 Å². The van der Waals surface area contributed by atoms with Crippen LogP contribution in [0.3, 0.4) is 0 Å². The summed E-state index contributed by atoms with van der Waals surface area (Å²) in [7, 11) is 0. The van der Waals surface area contributed by atoms with E-state index in [1.807, 2.05) is 36.4 Å². The lowest BCUT2D eigenvalue weighted by molar-refractivity contribution is 0.00707. The van der Waals surface area contributed by atoms with E-state index < -0.39 is 17.5 Å². The number of nitrogens with zero attached hydrogens (tertiary/aromatic N) is 1. The number of aromatic hydroxyl groups is 1. The van der Waals surface area contributed by atoms with Gasteiger partial charge in [0.2, 0.25) is 0 Å². The Morgan fingerprint density at radius 3 is 2.35 bits per heavy atom. The normalized spacial score (nSPS) is 13.8. The van der Waals surface area contributed by atoms with Crippen LogP contribution in [0.1, 0.15) is 54.3 Å². The SMILES string of the molecule is CC(C)(C)OC(=O)c1ccc(-c2ccccc2)cc1NC(=O)c1cc(OCCN2CCCC2)ccc1O. The third-order valence-corrected chi connectivity index (χ3v) is 6.08. The highest BCUT2D eigenvalue weighted by Crippen LogP contribution is 2.30. The van der Waals surface area contributed by atoms with E-state index in [-0.39, 0.29) is 16.9 Å². The number of phenolic OH excluding ortho intramolecular Hbond substituents is 1. The van der Waals surface area contributed by atoms with E-state index in [1.54, 1.807) is 39.0 Å². The van der Waals surface area contributed by atoms with Crippen LogP contribution < -0.4 is 10.1 Å². The summed E-state index contributed by atoms with van der Waals surface area (Å²) in [5, 5.41) is 13.2. The van der Waals surface area contributed by atoms with Gasteiger partial charge in [-0.05, 0) is 88.2 Å². The van der Waals surface area contributed by atoms with Crippen molar-refractivity contribution in [3.63, 3.8) is 0 Å². The molecule has 4 rings (SSSR count). The van der Waals surface area contributed by atoms with E-state index in [1.165, 1.54) is 25.0 Å². The lowest BCUT2D eigenvalue weighted by atomic mass is 10.0. The van der Waals surface area contributed by atoms with Gasteiger partial charge in [0.15, 0.2) is 0 Å². The Bertz CT molecular complexity index is 1240. The van der Waals surface area contributed by atoms with Crippen LogP contribution in [0.2, 0.25) is 0 Å². The first-order valence-electron chi connectivity index (χ1n) is 12.6. The third kappa shape index (κ3) is 7.11. The molecular weight excluding hydrogens is 468 g/mol. The minimum Gasteiger partial charge on any atom is -0.507 e. The van der Waals surface area contributed by atoms with Crippen molar-refractivity contribution in [1.29, 1.82) is 0 Å². The smallest absolute Gasteiger partial charge is 0.340 e. The molecule has 37 heavy (non-hydrogen) atoms. The summed E-state index contributed by atoms with van der Waals surface area (Å²) in [6.45, 7) is 8.82. The molecule has 7 heteroatoms. The number of hydrogen-bond acceptors (Lipinski definition) is 6. The number of amides is 1. The fourth-order valence-corrected chi connectivity index (χ4v) is 4.24. The maximum Gasteiger partial charge on any atom is 0.340 e. The van der Waals surface area contributed by atoms with Gasteiger partial charge in [0, 0.05) is 6.54 Å². The second kappa shape index (κ2) is 11.5. The first-order chi connectivity index (χ1) is 17.7. The van der Waals surface area contributed by atoms with Crippen LogP contribution in [-0.4, -0.2) is 53.7 Å². The van der Waals surface area contributed by atoms with Gasteiger partial charge >= 0.3 is 5.97 Å². The van der Waals surface area contributed by atoms with Crippen LogP contribution in [-0.2, 0) is 4.74 Å². The molecule has 0 spiro atoms. The summed E-state index contributed by atoms with van der Waals surface area (Å²) in [6.07, 6.45) is 2.42. The lowest BCUT2D eigenvalue weighted by Crippen LogP contribution is -2.25. The molecule has 3 aromatic rings. The number of carbonyl (C=O) groups is 2. The third-order valence-electron chi connectivity index (χ3n) is 6.08. The number of esters is 1. The molecule has 1 heterocycles. The molecular formula is C30H34N2O5. The summed E-state index contributed by atoms with van der Waals surface area (Å²) in [5.41, 5.74) is 1.63. The van der Waals surface area contributed by atoms with Crippen molar-refractivity contribution in [3.05, 3.63) is 77.9 Å². The molecule has 1 saturated heterocycles. The molecule has 0 aliphatic carbocycles.